The topological polar surface area (TPSA) is 66.4 Å². The highest BCUT2D eigenvalue weighted by molar-refractivity contribution is 7.89. The fraction of sp³-hybridized carbons (Fsp3) is 1.00. The molecular formula is C12H27NO3S. The number of hydrogen-bond acceptors (Lipinski definition) is 3. The molecule has 0 aliphatic carbocycles. The Morgan fingerprint density at radius 3 is 2.12 bits per heavy atom. The van der Waals surface area contributed by atoms with Gasteiger partial charge in [-0.2, -0.15) is 0 Å². The molecule has 0 aliphatic rings. The minimum absolute atomic E-state index is 0.00150. The van der Waals surface area contributed by atoms with E-state index in [2.05, 4.69) is 4.72 Å². The molecule has 1 unspecified atom stereocenters. The summed E-state index contributed by atoms with van der Waals surface area (Å²) >= 11 is 0. The standard InChI is InChI=1S/C12H27NO3S/c1-10(2)8-11(9-14)13-17(15,16)7-6-12(3,4)5/h10-11,13-14H,6-9H2,1-5H3. The molecule has 0 rings (SSSR count). The Bertz CT molecular complexity index is 304. The number of rotatable bonds is 7. The van der Waals surface area contributed by atoms with Gasteiger partial charge in [-0.25, -0.2) is 13.1 Å². The maximum atomic E-state index is 11.8. The summed E-state index contributed by atoms with van der Waals surface area (Å²) in [5, 5.41) is 9.14. The Morgan fingerprint density at radius 2 is 1.76 bits per heavy atom. The van der Waals surface area contributed by atoms with Crippen LogP contribution in [0.15, 0.2) is 0 Å². The molecule has 0 saturated carbocycles. The van der Waals surface area contributed by atoms with Gasteiger partial charge in [0.1, 0.15) is 0 Å². The zero-order valence-corrected chi connectivity index (χ0v) is 12.5. The molecule has 0 radical (unpaired) electrons. The van der Waals surface area contributed by atoms with Crippen molar-refractivity contribution in [3.8, 4) is 0 Å². The Hall–Kier alpha value is -0.130. The molecule has 0 aromatic rings. The lowest BCUT2D eigenvalue weighted by molar-refractivity contribution is 0.239. The first-order valence-electron chi connectivity index (χ1n) is 6.16. The Morgan fingerprint density at radius 1 is 1.24 bits per heavy atom. The van der Waals surface area contributed by atoms with Crippen molar-refractivity contribution in [2.45, 2.75) is 53.5 Å². The number of hydrogen-bond donors (Lipinski definition) is 2. The molecule has 4 nitrogen and oxygen atoms in total. The van der Waals surface area contributed by atoms with E-state index in [1.54, 1.807) is 0 Å². The summed E-state index contributed by atoms with van der Waals surface area (Å²) in [5.74, 6) is 0.475. The fourth-order valence-corrected chi connectivity index (χ4v) is 3.16. The third kappa shape index (κ3) is 9.56. The molecule has 0 heterocycles. The van der Waals surface area contributed by atoms with Crippen molar-refractivity contribution < 1.29 is 13.5 Å². The van der Waals surface area contributed by atoms with Crippen molar-refractivity contribution in [2.24, 2.45) is 11.3 Å². The van der Waals surface area contributed by atoms with Crippen LogP contribution in [0, 0.1) is 11.3 Å². The molecule has 2 N–H and O–H groups in total. The molecular weight excluding hydrogens is 238 g/mol. The van der Waals surface area contributed by atoms with E-state index in [0.29, 0.717) is 18.8 Å². The van der Waals surface area contributed by atoms with Crippen LogP contribution in [-0.2, 0) is 10.0 Å². The lowest BCUT2D eigenvalue weighted by atomic mass is 9.94. The Labute approximate surface area is 106 Å². The van der Waals surface area contributed by atoms with Crippen LogP contribution >= 0.6 is 0 Å². The largest absolute Gasteiger partial charge is 0.395 e. The summed E-state index contributed by atoms with van der Waals surface area (Å²) in [4.78, 5) is 0. The first-order chi connectivity index (χ1) is 7.56. The van der Waals surface area contributed by atoms with Crippen LogP contribution in [0.3, 0.4) is 0 Å². The van der Waals surface area contributed by atoms with Crippen molar-refractivity contribution in [3.05, 3.63) is 0 Å². The second-order valence-corrected chi connectivity index (χ2v) is 8.13. The van der Waals surface area contributed by atoms with E-state index in [9.17, 15) is 8.42 Å². The van der Waals surface area contributed by atoms with Crippen LogP contribution in [0.4, 0.5) is 0 Å². The van der Waals surface area contributed by atoms with Gasteiger partial charge in [0.2, 0.25) is 10.0 Å². The third-order valence-corrected chi connectivity index (χ3v) is 3.88. The van der Waals surface area contributed by atoms with E-state index in [1.165, 1.54) is 0 Å². The zero-order valence-electron chi connectivity index (χ0n) is 11.7. The van der Waals surface area contributed by atoms with Gasteiger partial charge in [-0.05, 0) is 24.2 Å². The fourth-order valence-electron chi connectivity index (χ4n) is 1.48. The average Bonchev–Trinajstić information content (AvgIpc) is 2.12. The van der Waals surface area contributed by atoms with Crippen molar-refractivity contribution in [3.63, 3.8) is 0 Å². The lowest BCUT2D eigenvalue weighted by Crippen LogP contribution is -2.40. The van der Waals surface area contributed by atoms with E-state index < -0.39 is 10.0 Å². The van der Waals surface area contributed by atoms with E-state index >= 15 is 0 Å². The minimum Gasteiger partial charge on any atom is -0.395 e. The van der Waals surface area contributed by atoms with E-state index in [-0.39, 0.29) is 23.8 Å². The minimum atomic E-state index is -3.28. The second-order valence-electron chi connectivity index (χ2n) is 6.26. The van der Waals surface area contributed by atoms with Crippen molar-refractivity contribution >= 4 is 10.0 Å². The summed E-state index contributed by atoms with van der Waals surface area (Å²) in [6.45, 7) is 9.91. The lowest BCUT2D eigenvalue weighted by Gasteiger charge is -2.21. The molecule has 0 saturated heterocycles. The molecule has 0 fully saturated rings. The predicted octanol–water partition coefficient (Wildman–Crippen LogP) is 1.75. The number of aliphatic hydroxyl groups is 1. The molecule has 0 amide bonds. The summed E-state index contributed by atoms with van der Waals surface area (Å²) < 4.78 is 26.2. The molecule has 104 valence electrons. The highest BCUT2D eigenvalue weighted by atomic mass is 32.2. The highest BCUT2D eigenvalue weighted by Crippen LogP contribution is 2.19. The maximum absolute atomic E-state index is 11.8. The van der Waals surface area contributed by atoms with E-state index in [0.717, 1.165) is 0 Å². The van der Waals surface area contributed by atoms with Crippen molar-refractivity contribution in [1.82, 2.24) is 4.72 Å². The smallest absolute Gasteiger partial charge is 0.211 e. The van der Waals surface area contributed by atoms with Crippen molar-refractivity contribution in [1.29, 1.82) is 0 Å². The third-order valence-electron chi connectivity index (χ3n) is 2.44. The van der Waals surface area contributed by atoms with Crippen LogP contribution < -0.4 is 4.72 Å². The summed E-state index contributed by atoms with van der Waals surface area (Å²) in [6, 6.07) is -0.361. The van der Waals surface area contributed by atoms with Gasteiger partial charge < -0.3 is 5.11 Å². The molecule has 0 aliphatic heterocycles. The average molecular weight is 265 g/mol. The molecule has 5 heteroatoms. The van der Waals surface area contributed by atoms with Gasteiger partial charge in [-0.1, -0.05) is 34.6 Å². The molecule has 1 atom stereocenters. The van der Waals surface area contributed by atoms with Gasteiger partial charge in [-0.15, -0.1) is 0 Å². The zero-order chi connectivity index (χ0) is 13.7. The quantitative estimate of drug-likeness (QED) is 0.737. The molecule has 0 aromatic carbocycles. The molecule has 17 heavy (non-hydrogen) atoms. The Balaban J connectivity index is 4.32. The van der Waals surface area contributed by atoms with Gasteiger partial charge in [0, 0.05) is 6.04 Å². The van der Waals surface area contributed by atoms with Gasteiger partial charge in [0.15, 0.2) is 0 Å². The van der Waals surface area contributed by atoms with Crippen LogP contribution in [0.2, 0.25) is 0 Å². The number of aliphatic hydroxyl groups excluding tert-OH is 1. The molecule has 0 aromatic heterocycles. The first-order valence-corrected chi connectivity index (χ1v) is 7.82. The molecule has 0 bridgehead atoms. The normalized spacial score (nSPS) is 15.2. The monoisotopic (exact) mass is 265 g/mol. The SMILES string of the molecule is CC(C)CC(CO)NS(=O)(=O)CCC(C)(C)C. The van der Waals surface area contributed by atoms with Crippen LogP contribution in [0.5, 0.6) is 0 Å². The van der Waals surface area contributed by atoms with Crippen molar-refractivity contribution in [2.75, 3.05) is 12.4 Å². The maximum Gasteiger partial charge on any atom is 0.211 e. The van der Waals surface area contributed by atoms with Gasteiger partial charge in [-0.3, -0.25) is 0 Å². The summed E-state index contributed by atoms with van der Waals surface area (Å²) in [6.07, 6.45) is 1.27. The van der Waals surface area contributed by atoms with Crippen LogP contribution in [0.1, 0.15) is 47.5 Å². The van der Waals surface area contributed by atoms with E-state index in [1.807, 2.05) is 34.6 Å². The van der Waals surface area contributed by atoms with Crippen LogP contribution in [-0.4, -0.2) is 31.9 Å². The van der Waals surface area contributed by atoms with Crippen LogP contribution in [0.25, 0.3) is 0 Å². The highest BCUT2D eigenvalue weighted by Gasteiger charge is 2.21. The molecule has 0 spiro atoms. The summed E-state index contributed by atoms with van der Waals surface area (Å²) in [5.41, 5.74) is 0.00150. The Kier molecular flexibility index (Phi) is 6.66. The number of sulfonamides is 1. The van der Waals surface area contributed by atoms with E-state index in [4.69, 9.17) is 5.11 Å². The first kappa shape index (κ1) is 16.9. The second kappa shape index (κ2) is 6.71. The van der Waals surface area contributed by atoms with Gasteiger partial charge in [0.05, 0.1) is 12.4 Å². The van der Waals surface area contributed by atoms with Gasteiger partial charge >= 0.3 is 0 Å². The number of nitrogens with one attached hydrogen (secondary N) is 1. The predicted molar refractivity (Wildman–Crippen MR) is 71.3 cm³/mol. The summed E-state index contributed by atoms with van der Waals surface area (Å²) in [7, 11) is -3.28. The van der Waals surface area contributed by atoms with Gasteiger partial charge in [0.25, 0.3) is 0 Å².